The molecule has 1 aliphatic heterocycles. The van der Waals surface area contributed by atoms with Crippen molar-refractivity contribution in [3.63, 3.8) is 0 Å². The summed E-state index contributed by atoms with van der Waals surface area (Å²) in [6.45, 7) is 3.94. The minimum atomic E-state index is -0.142. The Kier molecular flexibility index (Phi) is 5.41. The standard InChI is InChI=1S/C18H24ClN3O2/c1-21-7-9-22(10-8-21)18(24)16-12-15(16)17(23)20-6-5-13-3-2-4-14(19)11-13/h2-4,11,15-16H,5-10,12H2,1H3,(H,20,23). The minimum Gasteiger partial charge on any atom is -0.356 e. The van der Waals surface area contributed by atoms with Crippen LogP contribution in [0.1, 0.15) is 12.0 Å². The van der Waals surface area contributed by atoms with Crippen LogP contribution in [0.4, 0.5) is 0 Å². The number of hydrogen-bond acceptors (Lipinski definition) is 3. The number of likely N-dealkylation sites (N-methyl/N-ethyl adjacent to an activating group) is 1. The van der Waals surface area contributed by atoms with Gasteiger partial charge in [0, 0.05) is 37.7 Å². The second kappa shape index (κ2) is 7.53. The molecule has 2 atom stereocenters. The number of hydrogen-bond donors (Lipinski definition) is 1. The van der Waals surface area contributed by atoms with Crippen molar-refractivity contribution in [1.29, 1.82) is 0 Å². The Morgan fingerprint density at radius 2 is 1.96 bits per heavy atom. The van der Waals surface area contributed by atoms with E-state index in [-0.39, 0.29) is 23.7 Å². The zero-order valence-electron chi connectivity index (χ0n) is 14.0. The zero-order valence-corrected chi connectivity index (χ0v) is 14.8. The van der Waals surface area contributed by atoms with E-state index in [2.05, 4.69) is 17.3 Å². The average molecular weight is 350 g/mol. The summed E-state index contributed by atoms with van der Waals surface area (Å²) < 4.78 is 0. The van der Waals surface area contributed by atoms with Crippen LogP contribution >= 0.6 is 11.6 Å². The summed E-state index contributed by atoms with van der Waals surface area (Å²) in [6.07, 6.45) is 1.43. The summed E-state index contributed by atoms with van der Waals surface area (Å²) >= 11 is 5.95. The van der Waals surface area contributed by atoms with E-state index in [1.807, 2.05) is 29.2 Å². The molecule has 1 saturated heterocycles. The normalized spacial score (nSPS) is 23.8. The van der Waals surface area contributed by atoms with Gasteiger partial charge >= 0.3 is 0 Å². The van der Waals surface area contributed by atoms with Crippen LogP contribution in [-0.4, -0.2) is 61.4 Å². The summed E-state index contributed by atoms with van der Waals surface area (Å²) in [5, 5.41) is 3.65. The molecule has 1 aromatic carbocycles. The number of nitrogens with zero attached hydrogens (tertiary/aromatic N) is 2. The fourth-order valence-electron chi connectivity index (χ4n) is 3.17. The van der Waals surface area contributed by atoms with Crippen molar-refractivity contribution in [2.75, 3.05) is 39.8 Å². The van der Waals surface area contributed by atoms with E-state index in [1.165, 1.54) is 0 Å². The number of halogens is 1. The predicted octanol–water partition coefficient (Wildman–Crippen LogP) is 1.41. The van der Waals surface area contributed by atoms with Crippen molar-refractivity contribution in [2.24, 2.45) is 11.8 Å². The Hall–Kier alpha value is -1.59. The van der Waals surface area contributed by atoms with E-state index < -0.39 is 0 Å². The number of rotatable bonds is 5. The van der Waals surface area contributed by atoms with Gasteiger partial charge in [-0.25, -0.2) is 0 Å². The molecule has 130 valence electrons. The van der Waals surface area contributed by atoms with Gasteiger partial charge in [0.05, 0.1) is 11.8 Å². The minimum absolute atomic E-state index is 0.00417. The van der Waals surface area contributed by atoms with Gasteiger partial charge in [0.2, 0.25) is 11.8 Å². The van der Waals surface area contributed by atoms with Crippen molar-refractivity contribution in [1.82, 2.24) is 15.1 Å². The molecule has 0 bridgehead atoms. The molecular weight excluding hydrogens is 326 g/mol. The third-order valence-electron chi connectivity index (χ3n) is 4.86. The lowest BCUT2D eigenvalue weighted by Gasteiger charge is -2.32. The highest BCUT2D eigenvalue weighted by Gasteiger charge is 2.49. The fraction of sp³-hybridized carbons (Fsp3) is 0.556. The summed E-state index contributed by atoms with van der Waals surface area (Å²) in [5.41, 5.74) is 1.10. The molecule has 0 radical (unpaired) electrons. The first-order valence-corrected chi connectivity index (χ1v) is 8.92. The fourth-order valence-corrected chi connectivity index (χ4v) is 3.39. The second-order valence-electron chi connectivity index (χ2n) is 6.75. The predicted molar refractivity (Wildman–Crippen MR) is 93.8 cm³/mol. The molecular formula is C18H24ClN3O2. The first kappa shape index (κ1) is 17.2. The number of piperazine rings is 1. The molecule has 24 heavy (non-hydrogen) atoms. The number of nitrogens with one attached hydrogen (secondary N) is 1. The van der Waals surface area contributed by atoms with Crippen LogP contribution < -0.4 is 5.32 Å². The molecule has 0 spiro atoms. The SMILES string of the molecule is CN1CCN(C(=O)C2CC2C(=O)NCCc2cccc(Cl)c2)CC1. The molecule has 2 unspecified atom stereocenters. The number of benzene rings is 1. The van der Waals surface area contributed by atoms with Gasteiger partial charge in [-0.1, -0.05) is 23.7 Å². The number of amides is 2. The van der Waals surface area contributed by atoms with Crippen molar-refractivity contribution >= 4 is 23.4 Å². The third-order valence-corrected chi connectivity index (χ3v) is 5.10. The van der Waals surface area contributed by atoms with Crippen molar-refractivity contribution in [3.05, 3.63) is 34.9 Å². The van der Waals surface area contributed by atoms with Gasteiger partial charge in [-0.15, -0.1) is 0 Å². The summed E-state index contributed by atoms with van der Waals surface area (Å²) in [6, 6.07) is 7.65. The van der Waals surface area contributed by atoms with Crippen LogP contribution in [0.2, 0.25) is 5.02 Å². The molecule has 2 fully saturated rings. The summed E-state index contributed by atoms with van der Waals surface area (Å²) in [4.78, 5) is 28.7. The summed E-state index contributed by atoms with van der Waals surface area (Å²) in [7, 11) is 2.06. The zero-order chi connectivity index (χ0) is 17.1. The molecule has 1 saturated carbocycles. The van der Waals surface area contributed by atoms with Crippen LogP contribution in [0.3, 0.4) is 0 Å². The van der Waals surface area contributed by atoms with E-state index in [1.54, 1.807) is 0 Å². The Morgan fingerprint density at radius 3 is 2.67 bits per heavy atom. The molecule has 3 rings (SSSR count). The van der Waals surface area contributed by atoms with E-state index >= 15 is 0 Å². The van der Waals surface area contributed by atoms with Crippen molar-refractivity contribution in [3.8, 4) is 0 Å². The lowest BCUT2D eigenvalue weighted by Crippen LogP contribution is -2.48. The van der Waals surface area contributed by atoms with Crippen LogP contribution in [0.15, 0.2) is 24.3 Å². The van der Waals surface area contributed by atoms with Gasteiger partial charge < -0.3 is 15.1 Å². The van der Waals surface area contributed by atoms with E-state index in [0.29, 0.717) is 18.0 Å². The Labute approximate surface area is 147 Å². The first-order valence-electron chi connectivity index (χ1n) is 8.54. The molecule has 1 aromatic rings. The molecule has 1 N–H and O–H groups in total. The van der Waals surface area contributed by atoms with Gasteiger partial charge in [-0.05, 0) is 37.6 Å². The van der Waals surface area contributed by atoms with E-state index in [4.69, 9.17) is 11.6 Å². The Bertz CT molecular complexity index is 614. The van der Waals surface area contributed by atoms with Gasteiger partial charge in [-0.3, -0.25) is 9.59 Å². The maximum absolute atomic E-state index is 12.4. The molecule has 6 heteroatoms. The van der Waals surface area contributed by atoms with Crippen LogP contribution in [0.25, 0.3) is 0 Å². The maximum atomic E-state index is 12.4. The quantitative estimate of drug-likeness (QED) is 0.874. The highest BCUT2D eigenvalue weighted by atomic mass is 35.5. The number of carbonyl (C=O) groups is 2. The second-order valence-corrected chi connectivity index (χ2v) is 7.18. The smallest absolute Gasteiger partial charge is 0.226 e. The van der Waals surface area contributed by atoms with Gasteiger partial charge in [-0.2, -0.15) is 0 Å². The third kappa shape index (κ3) is 4.28. The maximum Gasteiger partial charge on any atom is 0.226 e. The molecule has 1 heterocycles. The molecule has 0 aromatic heterocycles. The lowest BCUT2D eigenvalue weighted by molar-refractivity contribution is -0.136. The van der Waals surface area contributed by atoms with Crippen molar-refractivity contribution < 1.29 is 9.59 Å². The average Bonchev–Trinajstić information content (AvgIpc) is 3.36. The molecule has 2 amide bonds. The van der Waals surface area contributed by atoms with Gasteiger partial charge in [0.25, 0.3) is 0 Å². The van der Waals surface area contributed by atoms with Crippen LogP contribution in [0.5, 0.6) is 0 Å². The molecule has 2 aliphatic rings. The van der Waals surface area contributed by atoms with Gasteiger partial charge in [0.15, 0.2) is 0 Å². The highest BCUT2D eigenvalue weighted by Crippen LogP contribution is 2.40. The Morgan fingerprint density at radius 1 is 1.21 bits per heavy atom. The monoisotopic (exact) mass is 349 g/mol. The topological polar surface area (TPSA) is 52.7 Å². The summed E-state index contributed by atoms with van der Waals surface area (Å²) in [5.74, 6) is -0.0984. The van der Waals surface area contributed by atoms with E-state index in [9.17, 15) is 9.59 Å². The first-order chi connectivity index (χ1) is 11.5. The van der Waals surface area contributed by atoms with Gasteiger partial charge in [0.1, 0.15) is 0 Å². The highest BCUT2D eigenvalue weighted by molar-refractivity contribution is 6.30. The lowest BCUT2D eigenvalue weighted by atomic mass is 10.1. The molecule has 5 nitrogen and oxygen atoms in total. The number of carbonyl (C=O) groups excluding carboxylic acids is 2. The van der Waals surface area contributed by atoms with Crippen LogP contribution in [0, 0.1) is 11.8 Å². The van der Waals surface area contributed by atoms with E-state index in [0.717, 1.165) is 38.2 Å². The van der Waals surface area contributed by atoms with Crippen LogP contribution in [-0.2, 0) is 16.0 Å². The Balaban J connectivity index is 1.40. The largest absolute Gasteiger partial charge is 0.356 e. The van der Waals surface area contributed by atoms with Crippen molar-refractivity contribution in [2.45, 2.75) is 12.8 Å². The molecule has 1 aliphatic carbocycles.